The van der Waals surface area contributed by atoms with Gasteiger partial charge in [0.2, 0.25) is 0 Å². The second kappa shape index (κ2) is 9.68. The SMILES string of the molecule is CC(C)(C)OC(=O)NC(COC(=O)C(C)(C)C)C(CO)c1ccc(C(F)(F)F)cc1. The molecule has 0 spiro atoms. The van der Waals surface area contributed by atoms with Gasteiger partial charge in [0.05, 0.1) is 23.6 Å². The third-order valence-corrected chi connectivity index (χ3v) is 4.06. The molecule has 30 heavy (non-hydrogen) atoms. The number of carbonyl (C=O) groups excluding carboxylic acids is 2. The third kappa shape index (κ3) is 8.22. The first kappa shape index (κ1) is 25.7. The fourth-order valence-electron chi connectivity index (χ4n) is 2.48. The van der Waals surface area contributed by atoms with Gasteiger partial charge < -0.3 is 19.9 Å². The first-order chi connectivity index (χ1) is 13.5. The Kier molecular flexibility index (Phi) is 8.31. The number of ether oxygens (including phenoxy) is 2. The number of benzene rings is 1. The Hall–Kier alpha value is -2.29. The maximum absolute atomic E-state index is 12.8. The summed E-state index contributed by atoms with van der Waals surface area (Å²) in [5, 5.41) is 12.4. The Morgan fingerprint density at radius 2 is 1.57 bits per heavy atom. The molecule has 0 heterocycles. The van der Waals surface area contributed by atoms with E-state index in [9.17, 15) is 27.9 Å². The highest BCUT2D eigenvalue weighted by Crippen LogP contribution is 2.31. The van der Waals surface area contributed by atoms with Gasteiger partial charge in [-0.05, 0) is 59.2 Å². The molecule has 1 amide bonds. The first-order valence-corrected chi connectivity index (χ1v) is 9.49. The van der Waals surface area contributed by atoms with Gasteiger partial charge in [-0.3, -0.25) is 4.79 Å². The molecule has 0 aliphatic rings. The predicted octanol–water partition coefficient (Wildman–Crippen LogP) is 4.26. The van der Waals surface area contributed by atoms with E-state index in [-0.39, 0.29) is 6.61 Å². The Labute approximate surface area is 174 Å². The lowest BCUT2D eigenvalue weighted by Crippen LogP contribution is -2.46. The number of amides is 1. The molecule has 1 aromatic carbocycles. The van der Waals surface area contributed by atoms with E-state index in [1.807, 2.05) is 0 Å². The van der Waals surface area contributed by atoms with Crippen molar-refractivity contribution >= 4 is 12.1 Å². The van der Waals surface area contributed by atoms with Crippen LogP contribution in [0.2, 0.25) is 0 Å². The van der Waals surface area contributed by atoms with Gasteiger partial charge in [0.1, 0.15) is 12.2 Å². The van der Waals surface area contributed by atoms with Gasteiger partial charge >= 0.3 is 18.2 Å². The minimum absolute atomic E-state index is 0.290. The number of carbonyl (C=O) groups is 2. The van der Waals surface area contributed by atoms with Gasteiger partial charge in [-0.25, -0.2) is 4.79 Å². The molecular formula is C21H30F3NO5. The second-order valence-electron chi connectivity index (χ2n) is 9.01. The van der Waals surface area contributed by atoms with Crippen LogP contribution in [0.15, 0.2) is 24.3 Å². The lowest BCUT2D eigenvalue weighted by atomic mass is 9.91. The number of aliphatic hydroxyl groups is 1. The van der Waals surface area contributed by atoms with E-state index in [0.717, 1.165) is 12.1 Å². The Morgan fingerprint density at radius 1 is 1.03 bits per heavy atom. The van der Waals surface area contributed by atoms with Crippen LogP contribution in [0.4, 0.5) is 18.0 Å². The average molecular weight is 433 g/mol. The van der Waals surface area contributed by atoms with Crippen molar-refractivity contribution in [1.82, 2.24) is 5.32 Å². The van der Waals surface area contributed by atoms with Crippen LogP contribution >= 0.6 is 0 Å². The summed E-state index contributed by atoms with van der Waals surface area (Å²) in [7, 11) is 0. The number of alkyl carbamates (subject to hydrolysis) is 1. The third-order valence-electron chi connectivity index (χ3n) is 4.06. The van der Waals surface area contributed by atoms with Gasteiger partial charge in [0, 0.05) is 5.92 Å². The zero-order valence-corrected chi connectivity index (χ0v) is 18.1. The molecule has 0 aliphatic carbocycles. The van der Waals surface area contributed by atoms with Crippen molar-refractivity contribution in [3.63, 3.8) is 0 Å². The van der Waals surface area contributed by atoms with Gasteiger partial charge in [-0.15, -0.1) is 0 Å². The van der Waals surface area contributed by atoms with Crippen LogP contribution in [-0.2, 0) is 20.4 Å². The number of nitrogens with one attached hydrogen (secondary N) is 1. The van der Waals surface area contributed by atoms with E-state index < -0.39 is 53.4 Å². The van der Waals surface area contributed by atoms with Crippen molar-refractivity contribution < 1.29 is 37.3 Å². The van der Waals surface area contributed by atoms with Crippen LogP contribution in [0.25, 0.3) is 0 Å². The van der Waals surface area contributed by atoms with Crippen molar-refractivity contribution in [3.05, 3.63) is 35.4 Å². The number of hydrogen-bond acceptors (Lipinski definition) is 5. The number of alkyl halides is 3. The lowest BCUT2D eigenvalue weighted by molar-refractivity contribution is -0.154. The summed E-state index contributed by atoms with van der Waals surface area (Å²) in [6, 6.07) is 3.30. The summed E-state index contributed by atoms with van der Waals surface area (Å²) in [4.78, 5) is 24.4. The maximum Gasteiger partial charge on any atom is 0.416 e. The molecular weight excluding hydrogens is 403 g/mol. The minimum atomic E-state index is -4.50. The molecule has 1 rings (SSSR count). The topological polar surface area (TPSA) is 84.9 Å². The summed E-state index contributed by atoms with van der Waals surface area (Å²) in [6.07, 6.45) is -5.30. The molecule has 2 atom stereocenters. The van der Waals surface area contributed by atoms with E-state index in [1.165, 1.54) is 12.1 Å². The Bertz CT molecular complexity index is 718. The van der Waals surface area contributed by atoms with Gasteiger partial charge in [-0.2, -0.15) is 13.2 Å². The van der Waals surface area contributed by atoms with Crippen molar-refractivity contribution in [2.75, 3.05) is 13.2 Å². The summed E-state index contributed by atoms with van der Waals surface area (Å²) in [5.41, 5.74) is -2.07. The van der Waals surface area contributed by atoms with Crippen molar-refractivity contribution in [1.29, 1.82) is 0 Å². The smallest absolute Gasteiger partial charge is 0.416 e. The largest absolute Gasteiger partial charge is 0.463 e. The van der Waals surface area contributed by atoms with E-state index in [4.69, 9.17) is 9.47 Å². The number of halogens is 3. The van der Waals surface area contributed by atoms with Crippen LogP contribution in [0.3, 0.4) is 0 Å². The number of rotatable bonds is 6. The van der Waals surface area contributed by atoms with Crippen LogP contribution in [-0.4, -0.2) is 42.0 Å². The molecule has 9 heteroatoms. The van der Waals surface area contributed by atoms with Gasteiger partial charge in [-0.1, -0.05) is 12.1 Å². The molecule has 6 nitrogen and oxygen atoms in total. The number of aliphatic hydroxyl groups excluding tert-OH is 1. The monoisotopic (exact) mass is 433 g/mol. The zero-order valence-electron chi connectivity index (χ0n) is 18.1. The zero-order chi connectivity index (χ0) is 23.3. The molecule has 0 fully saturated rings. The highest BCUT2D eigenvalue weighted by atomic mass is 19.4. The van der Waals surface area contributed by atoms with Crippen molar-refractivity contribution in [2.24, 2.45) is 5.41 Å². The maximum atomic E-state index is 12.8. The fraction of sp³-hybridized carbons (Fsp3) is 0.619. The van der Waals surface area contributed by atoms with E-state index in [1.54, 1.807) is 41.5 Å². The number of esters is 1. The summed E-state index contributed by atoms with van der Waals surface area (Å²) < 4.78 is 49.0. The average Bonchev–Trinajstić information content (AvgIpc) is 2.57. The van der Waals surface area contributed by atoms with Crippen LogP contribution < -0.4 is 5.32 Å². The lowest BCUT2D eigenvalue weighted by Gasteiger charge is -2.29. The predicted molar refractivity (Wildman–Crippen MR) is 105 cm³/mol. The molecule has 2 unspecified atom stereocenters. The molecule has 0 radical (unpaired) electrons. The van der Waals surface area contributed by atoms with Crippen LogP contribution in [0, 0.1) is 5.41 Å². The Balaban J connectivity index is 3.11. The molecule has 1 aromatic rings. The minimum Gasteiger partial charge on any atom is -0.463 e. The molecule has 0 saturated carbocycles. The van der Waals surface area contributed by atoms with Crippen molar-refractivity contribution in [3.8, 4) is 0 Å². The quantitative estimate of drug-likeness (QED) is 0.655. The molecule has 0 aliphatic heterocycles. The standard InChI is InChI=1S/C21H30F3NO5/c1-19(2,3)17(27)29-12-16(25-18(28)30-20(4,5)6)15(11-26)13-7-9-14(10-8-13)21(22,23)24/h7-10,15-16,26H,11-12H2,1-6H3,(H,25,28). The van der Waals surface area contributed by atoms with Gasteiger partial charge in [0.15, 0.2) is 0 Å². The molecule has 2 N–H and O–H groups in total. The molecule has 170 valence electrons. The first-order valence-electron chi connectivity index (χ1n) is 9.49. The highest BCUT2D eigenvalue weighted by molar-refractivity contribution is 5.75. The second-order valence-corrected chi connectivity index (χ2v) is 9.01. The van der Waals surface area contributed by atoms with Crippen LogP contribution in [0.1, 0.15) is 58.6 Å². The summed E-state index contributed by atoms with van der Waals surface area (Å²) in [5.74, 6) is -1.35. The Morgan fingerprint density at radius 3 is 1.97 bits per heavy atom. The molecule has 0 aromatic heterocycles. The van der Waals surface area contributed by atoms with E-state index in [0.29, 0.717) is 5.56 Å². The highest BCUT2D eigenvalue weighted by Gasteiger charge is 2.33. The van der Waals surface area contributed by atoms with Gasteiger partial charge in [0.25, 0.3) is 0 Å². The normalized spacial score (nSPS) is 14.6. The summed E-state index contributed by atoms with van der Waals surface area (Å²) in [6.45, 7) is 9.18. The van der Waals surface area contributed by atoms with E-state index >= 15 is 0 Å². The number of hydrogen-bond donors (Lipinski definition) is 2. The van der Waals surface area contributed by atoms with Crippen molar-refractivity contribution in [2.45, 2.75) is 65.3 Å². The van der Waals surface area contributed by atoms with Crippen LogP contribution in [0.5, 0.6) is 0 Å². The fourth-order valence-corrected chi connectivity index (χ4v) is 2.48. The molecule has 0 bridgehead atoms. The molecule has 0 saturated heterocycles. The van der Waals surface area contributed by atoms with E-state index in [2.05, 4.69) is 5.32 Å². The summed E-state index contributed by atoms with van der Waals surface area (Å²) >= 11 is 0.